The molecule has 44 heavy (non-hydrogen) atoms. The standard InChI is InChI=1S/C28H44N6O9.Gd/c1-43-20-24(35)23(29)14-21-2-4-22(5-3-21)15-30-25(36)16-31-6-8-32(17-26(37)38)10-12-34(19-28(41)42)13-11-33(9-7-31)18-27(39)40;/h2-5,23H,6-20,29H2,1H3,(H,30,36)(H,37,38)(H,39,40)(H,41,42);/t23-;/m1./s1. The summed E-state index contributed by atoms with van der Waals surface area (Å²) in [6, 6.07) is 6.74. The molecule has 16 heteroatoms. The Kier molecular flexibility index (Phi) is 19.5. The number of Topliss-reactive ketones (excluding diaryl/α,β-unsaturated/α-hetero) is 1. The number of rotatable bonds is 15. The Morgan fingerprint density at radius 3 is 1.45 bits per heavy atom. The number of methoxy groups -OCH3 is 1. The third-order valence-corrected chi connectivity index (χ3v) is 7.04. The van der Waals surface area contributed by atoms with Gasteiger partial charge >= 0.3 is 17.9 Å². The van der Waals surface area contributed by atoms with E-state index in [0.29, 0.717) is 58.8 Å². The molecule has 6 N–H and O–H groups in total. The molecule has 2 rings (SSSR count). The number of carbonyl (C=O) groups excluding carboxylic acids is 2. The molecule has 1 fully saturated rings. The van der Waals surface area contributed by atoms with E-state index in [9.17, 15) is 39.3 Å². The summed E-state index contributed by atoms with van der Waals surface area (Å²) in [5.41, 5.74) is 7.66. The largest absolute Gasteiger partial charge is 0.480 e. The monoisotopic (exact) mass is 766 g/mol. The molecule has 1 aromatic carbocycles. The van der Waals surface area contributed by atoms with Crippen LogP contribution in [0, 0.1) is 39.9 Å². The van der Waals surface area contributed by atoms with Crippen LogP contribution >= 0.6 is 0 Å². The number of hydrogen-bond donors (Lipinski definition) is 5. The molecule has 1 saturated heterocycles. The zero-order valence-electron chi connectivity index (χ0n) is 25.0. The molecule has 1 atom stereocenters. The van der Waals surface area contributed by atoms with Crippen LogP contribution in [0.5, 0.6) is 0 Å². The van der Waals surface area contributed by atoms with Gasteiger partial charge < -0.3 is 31.1 Å². The second-order valence-corrected chi connectivity index (χ2v) is 10.6. The van der Waals surface area contributed by atoms with E-state index < -0.39 is 23.9 Å². The Hall–Kier alpha value is -2.15. The van der Waals surface area contributed by atoms with Crippen LogP contribution in [0.2, 0.25) is 0 Å². The molecule has 0 spiro atoms. The Morgan fingerprint density at radius 2 is 1.09 bits per heavy atom. The summed E-state index contributed by atoms with van der Waals surface area (Å²) >= 11 is 0. The number of carboxylic acids is 3. The molecule has 0 aliphatic carbocycles. The molecular formula is C28H44GdN6O9. The van der Waals surface area contributed by atoms with Crippen LogP contribution in [0.1, 0.15) is 11.1 Å². The second kappa shape index (κ2) is 21.6. The van der Waals surface area contributed by atoms with Gasteiger partial charge in [-0.05, 0) is 17.5 Å². The van der Waals surface area contributed by atoms with Gasteiger partial charge in [-0.1, -0.05) is 24.3 Å². The predicted molar refractivity (Wildman–Crippen MR) is 156 cm³/mol. The van der Waals surface area contributed by atoms with Crippen LogP contribution < -0.4 is 11.1 Å². The minimum Gasteiger partial charge on any atom is -0.480 e. The van der Waals surface area contributed by atoms with Crippen molar-refractivity contribution in [1.29, 1.82) is 0 Å². The van der Waals surface area contributed by atoms with Crippen LogP contribution in [-0.4, -0.2) is 163 Å². The first-order chi connectivity index (χ1) is 20.4. The van der Waals surface area contributed by atoms with E-state index in [-0.39, 0.29) is 91.0 Å². The molecule has 1 aromatic rings. The number of nitrogens with one attached hydrogen (secondary N) is 1. The number of amides is 1. The molecule has 1 amide bonds. The summed E-state index contributed by atoms with van der Waals surface area (Å²) in [5.74, 6) is -3.47. The average molecular weight is 766 g/mol. The minimum absolute atomic E-state index is 0. The van der Waals surface area contributed by atoms with E-state index in [4.69, 9.17) is 10.5 Å². The Bertz CT molecular complexity index is 1050. The maximum atomic E-state index is 12.9. The van der Waals surface area contributed by atoms with Gasteiger partial charge in [-0.25, -0.2) is 0 Å². The number of nitrogens with two attached hydrogens (primary N) is 1. The van der Waals surface area contributed by atoms with Crippen molar-refractivity contribution in [2.75, 3.05) is 92.3 Å². The van der Waals surface area contributed by atoms with Gasteiger partial charge in [0.2, 0.25) is 5.91 Å². The molecular weight excluding hydrogens is 722 g/mol. The molecule has 0 saturated carbocycles. The Morgan fingerprint density at radius 1 is 0.727 bits per heavy atom. The van der Waals surface area contributed by atoms with E-state index in [1.807, 2.05) is 29.2 Å². The first-order valence-electron chi connectivity index (χ1n) is 14.1. The van der Waals surface area contributed by atoms with E-state index in [1.54, 1.807) is 14.7 Å². The van der Waals surface area contributed by atoms with Crippen molar-refractivity contribution >= 4 is 29.6 Å². The molecule has 1 aliphatic rings. The van der Waals surface area contributed by atoms with E-state index in [0.717, 1.165) is 11.1 Å². The van der Waals surface area contributed by atoms with Gasteiger partial charge in [0.25, 0.3) is 0 Å². The van der Waals surface area contributed by atoms with Crippen LogP contribution in [-0.2, 0) is 41.7 Å². The maximum Gasteiger partial charge on any atom is 0.317 e. The Balaban J connectivity index is 0.00000968. The number of nitrogens with zero attached hydrogens (tertiary/aromatic N) is 4. The quantitative estimate of drug-likeness (QED) is 0.129. The number of ether oxygens (including phenoxy) is 1. The van der Waals surface area contributed by atoms with Crippen LogP contribution in [0.4, 0.5) is 0 Å². The molecule has 1 heterocycles. The zero-order chi connectivity index (χ0) is 31.8. The van der Waals surface area contributed by atoms with Crippen molar-refractivity contribution in [3.05, 3.63) is 35.4 Å². The van der Waals surface area contributed by atoms with Crippen LogP contribution in [0.25, 0.3) is 0 Å². The minimum atomic E-state index is -1.02. The van der Waals surface area contributed by atoms with Crippen molar-refractivity contribution in [3.8, 4) is 0 Å². The van der Waals surface area contributed by atoms with Crippen molar-refractivity contribution in [2.24, 2.45) is 5.73 Å². The first kappa shape index (κ1) is 39.9. The van der Waals surface area contributed by atoms with Crippen molar-refractivity contribution in [1.82, 2.24) is 24.9 Å². The molecule has 15 nitrogen and oxygen atoms in total. The normalized spacial score (nSPS) is 17.0. The van der Waals surface area contributed by atoms with E-state index >= 15 is 0 Å². The predicted octanol–water partition coefficient (Wildman–Crippen LogP) is -2.14. The average Bonchev–Trinajstić information content (AvgIpc) is 2.93. The molecule has 1 aliphatic heterocycles. The van der Waals surface area contributed by atoms with Crippen LogP contribution in [0.3, 0.4) is 0 Å². The smallest absolute Gasteiger partial charge is 0.317 e. The summed E-state index contributed by atoms with van der Waals surface area (Å²) in [4.78, 5) is 65.9. The molecule has 0 radical (unpaired) electrons. The van der Waals surface area contributed by atoms with E-state index in [1.165, 1.54) is 7.11 Å². The topological polar surface area (TPSA) is 206 Å². The summed E-state index contributed by atoms with van der Waals surface area (Å²) in [5, 5.41) is 30.9. The van der Waals surface area contributed by atoms with Gasteiger partial charge in [-0.2, -0.15) is 0 Å². The number of benzene rings is 1. The summed E-state index contributed by atoms with van der Waals surface area (Å²) < 4.78 is 4.84. The third-order valence-electron chi connectivity index (χ3n) is 7.04. The van der Waals surface area contributed by atoms with E-state index in [2.05, 4.69) is 5.32 Å². The first-order valence-corrected chi connectivity index (χ1v) is 14.1. The van der Waals surface area contributed by atoms with Crippen molar-refractivity contribution < 1.29 is 84.0 Å². The van der Waals surface area contributed by atoms with Gasteiger partial charge in [0, 0.05) is 106 Å². The van der Waals surface area contributed by atoms with Crippen LogP contribution in [0.15, 0.2) is 24.3 Å². The van der Waals surface area contributed by atoms with Gasteiger partial charge in [0.1, 0.15) is 6.61 Å². The molecule has 0 unspecified atom stereocenters. The van der Waals surface area contributed by atoms with Crippen molar-refractivity contribution in [3.63, 3.8) is 0 Å². The SMILES string of the molecule is COCC(=O)[C@H](N)Cc1ccc(CNC(=O)CN2CCN(CC(=O)O)CCN(CC(=O)O)CCN(CC(=O)O)CC2)cc1.[Gd]. The fourth-order valence-corrected chi connectivity index (χ4v) is 4.65. The fourth-order valence-electron chi connectivity index (χ4n) is 4.65. The zero-order valence-corrected chi connectivity index (χ0v) is 27.3. The molecule has 248 valence electrons. The van der Waals surface area contributed by atoms with Gasteiger partial charge in [0.15, 0.2) is 5.78 Å². The molecule has 0 aromatic heterocycles. The maximum absolute atomic E-state index is 12.9. The molecule has 0 bridgehead atoms. The summed E-state index contributed by atoms with van der Waals surface area (Å²) in [6.45, 7) is 2.16. The number of ketones is 1. The number of carbonyl (C=O) groups is 5. The fraction of sp³-hybridized carbons (Fsp3) is 0.607. The van der Waals surface area contributed by atoms with Gasteiger partial charge in [-0.3, -0.25) is 43.6 Å². The summed E-state index contributed by atoms with van der Waals surface area (Å²) in [6.07, 6.45) is 0.374. The van der Waals surface area contributed by atoms with Gasteiger partial charge in [0.05, 0.1) is 32.2 Å². The number of aliphatic carboxylic acids is 3. The van der Waals surface area contributed by atoms with Gasteiger partial charge in [-0.15, -0.1) is 0 Å². The second-order valence-electron chi connectivity index (χ2n) is 10.6. The number of carboxylic acid groups (broad SMARTS) is 3. The summed E-state index contributed by atoms with van der Waals surface area (Å²) in [7, 11) is 1.44. The Labute approximate surface area is 289 Å². The van der Waals surface area contributed by atoms with Crippen molar-refractivity contribution in [2.45, 2.75) is 19.0 Å². The number of hydrogen-bond acceptors (Lipinski definition) is 11. The third kappa shape index (κ3) is 16.8.